The number of nitrogens with zero attached hydrogens (tertiary/aromatic N) is 6. The molecular weight excluding hydrogens is 713 g/mol. The van der Waals surface area contributed by atoms with Gasteiger partial charge in [-0.15, -0.1) is 11.8 Å². The van der Waals surface area contributed by atoms with Crippen LogP contribution < -0.4 is 15.8 Å². The molecule has 0 radical (unpaired) electrons. The number of piperidine rings is 2. The third-order valence-corrected chi connectivity index (χ3v) is 12.1. The highest BCUT2D eigenvalue weighted by Crippen LogP contribution is 2.36. The molecule has 3 amide bonds. The van der Waals surface area contributed by atoms with Gasteiger partial charge in [-0.25, -0.2) is 14.6 Å². The summed E-state index contributed by atoms with van der Waals surface area (Å²) < 4.78 is 8.08. The highest BCUT2D eigenvalue weighted by molar-refractivity contribution is 7.99. The molecule has 3 aromatic carbocycles. The van der Waals surface area contributed by atoms with Crippen LogP contribution in [0.5, 0.6) is 11.5 Å². The van der Waals surface area contributed by atoms with Crippen molar-refractivity contribution in [3.8, 4) is 22.8 Å². The molecule has 3 N–H and O–H groups in total. The number of hydrogen-bond acceptors (Lipinski definition) is 10. The first-order valence-corrected chi connectivity index (χ1v) is 20.4. The summed E-state index contributed by atoms with van der Waals surface area (Å²) in [4.78, 5) is 51.5. The number of nitrogen functional groups attached to an aromatic ring is 1. The van der Waals surface area contributed by atoms with Gasteiger partial charge in [0.15, 0.2) is 5.65 Å². The smallest absolute Gasteiger partial charge is 0.255 e. The van der Waals surface area contributed by atoms with Crippen LogP contribution in [-0.4, -0.2) is 78.7 Å². The molecule has 8 rings (SSSR count). The second kappa shape index (κ2) is 16.6. The first kappa shape index (κ1) is 36.7. The predicted molar refractivity (Wildman–Crippen MR) is 213 cm³/mol. The zero-order valence-corrected chi connectivity index (χ0v) is 31.7. The van der Waals surface area contributed by atoms with Gasteiger partial charge in [0.25, 0.3) is 5.91 Å². The van der Waals surface area contributed by atoms with E-state index in [1.807, 2.05) is 66.7 Å². The number of likely N-dealkylation sites (tertiary alicyclic amines) is 1. The van der Waals surface area contributed by atoms with Crippen LogP contribution in [0.2, 0.25) is 0 Å². The van der Waals surface area contributed by atoms with E-state index in [0.29, 0.717) is 24.3 Å². The van der Waals surface area contributed by atoms with Crippen molar-refractivity contribution in [1.82, 2.24) is 34.9 Å². The SMILES string of the molecule is Nc1ncnc2c1c(-c1ccc(Oc3ccccc3)cc1)nn2C1CCCN(CCCCCCCSc2cccc3c2CN(C2CCC(=O)NC2=O)C3=O)C1. The van der Waals surface area contributed by atoms with Crippen LogP contribution in [-0.2, 0) is 16.1 Å². The van der Waals surface area contributed by atoms with Crippen LogP contribution in [0.25, 0.3) is 22.3 Å². The summed E-state index contributed by atoms with van der Waals surface area (Å²) in [6.45, 7) is 3.49. The fourth-order valence-corrected chi connectivity index (χ4v) is 9.13. The average Bonchev–Trinajstić information content (AvgIpc) is 3.76. The molecule has 2 saturated heterocycles. The Morgan fingerprint density at radius 3 is 2.51 bits per heavy atom. The Morgan fingerprint density at radius 1 is 0.873 bits per heavy atom. The van der Waals surface area contributed by atoms with Crippen molar-refractivity contribution in [2.24, 2.45) is 0 Å². The van der Waals surface area contributed by atoms with Crippen LogP contribution in [0.4, 0.5) is 5.82 Å². The largest absolute Gasteiger partial charge is 0.457 e. The number of fused-ring (bicyclic) bond motifs is 2. The van der Waals surface area contributed by atoms with Crippen molar-refractivity contribution in [3.63, 3.8) is 0 Å². The number of anilines is 1. The van der Waals surface area contributed by atoms with Crippen molar-refractivity contribution in [3.05, 3.63) is 90.3 Å². The van der Waals surface area contributed by atoms with Gasteiger partial charge in [-0.05, 0) is 105 Å². The van der Waals surface area contributed by atoms with Crippen LogP contribution in [0.15, 0.2) is 84.0 Å². The third-order valence-electron chi connectivity index (χ3n) is 10.9. The second-order valence-corrected chi connectivity index (χ2v) is 15.7. The molecule has 12 nitrogen and oxygen atoms in total. The number of rotatable bonds is 14. The lowest BCUT2D eigenvalue weighted by Crippen LogP contribution is -2.52. The predicted octanol–water partition coefficient (Wildman–Crippen LogP) is 7.01. The monoisotopic (exact) mass is 758 g/mol. The maximum atomic E-state index is 13.2. The Hall–Kier alpha value is -5.27. The number of carbonyl (C=O) groups is 3. The Bertz CT molecular complexity index is 2180. The lowest BCUT2D eigenvalue weighted by molar-refractivity contribution is -0.136. The number of imide groups is 1. The molecule has 2 atom stereocenters. The lowest BCUT2D eigenvalue weighted by Gasteiger charge is -2.33. The van der Waals surface area contributed by atoms with E-state index in [-0.39, 0.29) is 30.2 Å². The van der Waals surface area contributed by atoms with Gasteiger partial charge in [0.1, 0.15) is 35.4 Å². The Kier molecular flexibility index (Phi) is 11.1. The van der Waals surface area contributed by atoms with Gasteiger partial charge in [-0.2, -0.15) is 5.10 Å². The molecule has 0 aliphatic carbocycles. The minimum absolute atomic E-state index is 0.121. The summed E-state index contributed by atoms with van der Waals surface area (Å²) >= 11 is 1.79. The molecule has 5 aromatic rings. The molecule has 0 saturated carbocycles. The fraction of sp³-hybridized carbons (Fsp3) is 0.381. The number of carbonyl (C=O) groups excluding carboxylic acids is 3. The summed E-state index contributed by atoms with van der Waals surface area (Å²) in [6, 6.07) is 23.1. The van der Waals surface area contributed by atoms with Crippen molar-refractivity contribution < 1.29 is 19.1 Å². The molecule has 13 heteroatoms. The zero-order chi connectivity index (χ0) is 37.7. The number of nitrogens with one attached hydrogen (secondary N) is 1. The highest BCUT2D eigenvalue weighted by atomic mass is 32.2. The fourth-order valence-electron chi connectivity index (χ4n) is 8.03. The summed E-state index contributed by atoms with van der Waals surface area (Å²) in [5, 5.41) is 8.29. The van der Waals surface area contributed by atoms with Gasteiger partial charge in [0, 0.05) is 35.5 Å². The lowest BCUT2D eigenvalue weighted by atomic mass is 10.0. The van der Waals surface area contributed by atoms with Crippen molar-refractivity contribution in [1.29, 1.82) is 0 Å². The first-order chi connectivity index (χ1) is 26.9. The van der Waals surface area contributed by atoms with Gasteiger partial charge < -0.3 is 20.3 Å². The number of aromatic nitrogens is 4. The van der Waals surface area contributed by atoms with E-state index in [4.69, 9.17) is 15.6 Å². The van der Waals surface area contributed by atoms with E-state index in [0.717, 1.165) is 102 Å². The summed E-state index contributed by atoms with van der Waals surface area (Å²) in [6.07, 6.45) is 10.1. The number of hydrogen-bond donors (Lipinski definition) is 2. The van der Waals surface area contributed by atoms with E-state index in [1.54, 1.807) is 16.7 Å². The molecule has 3 aliphatic heterocycles. The maximum absolute atomic E-state index is 13.2. The zero-order valence-electron chi connectivity index (χ0n) is 30.9. The van der Waals surface area contributed by atoms with Gasteiger partial charge >= 0.3 is 0 Å². The summed E-state index contributed by atoms with van der Waals surface area (Å²) in [5.41, 5.74) is 10.6. The van der Waals surface area contributed by atoms with Crippen LogP contribution in [0, 0.1) is 0 Å². The first-order valence-electron chi connectivity index (χ1n) is 19.4. The molecule has 0 bridgehead atoms. The van der Waals surface area contributed by atoms with Gasteiger partial charge in [0.2, 0.25) is 11.8 Å². The van der Waals surface area contributed by atoms with Gasteiger partial charge in [-0.3, -0.25) is 19.7 Å². The van der Waals surface area contributed by atoms with E-state index >= 15 is 0 Å². The van der Waals surface area contributed by atoms with Crippen LogP contribution in [0.1, 0.15) is 79.8 Å². The Morgan fingerprint density at radius 2 is 1.67 bits per heavy atom. The third kappa shape index (κ3) is 8.08. The summed E-state index contributed by atoms with van der Waals surface area (Å²) in [7, 11) is 0. The number of nitrogens with two attached hydrogens (primary N) is 1. The van der Waals surface area contributed by atoms with E-state index in [1.165, 1.54) is 19.2 Å². The molecular formula is C42H46N8O4S. The van der Waals surface area contributed by atoms with Crippen LogP contribution in [0.3, 0.4) is 0 Å². The van der Waals surface area contributed by atoms with Gasteiger partial charge in [-0.1, -0.05) is 43.5 Å². The molecule has 3 aliphatic rings. The number of thioether (sulfide) groups is 1. The number of amides is 3. The molecule has 5 heterocycles. The molecule has 2 unspecified atom stereocenters. The standard InChI is InChI=1S/C42H46N8O4S/c43-39-37-38(28-16-18-31(19-17-28)54-30-12-5-4-6-13-30)47-50(40(37)45-27-44-39)29-11-10-23-48(25-29)22-7-2-1-3-8-24-55-35-15-9-14-32-33(35)26-49(42(32)53)34-20-21-36(51)46-41(34)52/h4-6,9,12-19,27,29,34H,1-3,7-8,10-11,20-26H2,(H2,43,44,45)(H,46,51,52). The quantitative estimate of drug-likeness (QED) is 0.0689. The van der Waals surface area contributed by atoms with Gasteiger partial charge in [0.05, 0.1) is 11.4 Å². The van der Waals surface area contributed by atoms with Crippen molar-refractivity contribution >= 4 is 46.3 Å². The Balaban J connectivity index is 0.803. The topological polar surface area (TPSA) is 149 Å². The highest BCUT2D eigenvalue weighted by Gasteiger charge is 2.39. The number of benzene rings is 3. The minimum atomic E-state index is -0.589. The van der Waals surface area contributed by atoms with E-state index < -0.39 is 6.04 Å². The van der Waals surface area contributed by atoms with E-state index in [9.17, 15) is 14.4 Å². The molecule has 2 aromatic heterocycles. The number of ether oxygens (including phenoxy) is 1. The van der Waals surface area contributed by atoms with Crippen LogP contribution >= 0.6 is 11.8 Å². The summed E-state index contributed by atoms with van der Waals surface area (Å²) in [5.74, 6) is 2.19. The molecule has 55 heavy (non-hydrogen) atoms. The average molecular weight is 759 g/mol. The Labute approximate surface area is 324 Å². The minimum Gasteiger partial charge on any atom is -0.457 e. The maximum Gasteiger partial charge on any atom is 0.255 e. The van der Waals surface area contributed by atoms with Crippen molar-refractivity contribution in [2.75, 3.05) is 31.1 Å². The number of para-hydroxylation sites is 1. The normalized spacial score (nSPS) is 18.8. The molecule has 0 spiro atoms. The van der Waals surface area contributed by atoms with E-state index in [2.05, 4.69) is 30.9 Å². The molecule has 284 valence electrons. The molecule has 2 fully saturated rings. The number of unbranched alkanes of at least 4 members (excludes halogenated alkanes) is 4. The van der Waals surface area contributed by atoms with Crippen molar-refractivity contribution in [2.45, 2.75) is 81.3 Å². The second-order valence-electron chi connectivity index (χ2n) is 14.6.